The Labute approximate surface area is 144 Å². The minimum atomic E-state index is -0.358. The molecule has 2 saturated heterocycles. The van der Waals surface area contributed by atoms with E-state index in [1.807, 2.05) is 4.90 Å². The van der Waals surface area contributed by atoms with Gasteiger partial charge in [0.1, 0.15) is 0 Å². The van der Waals surface area contributed by atoms with Crippen LogP contribution in [0.1, 0.15) is 29.6 Å². The van der Waals surface area contributed by atoms with E-state index in [4.69, 9.17) is 0 Å². The molecule has 0 saturated carbocycles. The molecule has 0 unspecified atom stereocenters. The van der Waals surface area contributed by atoms with Gasteiger partial charge in [0.2, 0.25) is 0 Å². The molecule has 24 heavy (non-hydrogen) atoms. The van der Waals surface area contributed by atoms with Crippen LogP contribution in [-0.2, 0) is 0 Å². The van der Waals surface area contributed by atoms with E-state index < -0.39 is 0 Å². The van der Waals surface area contributed by atoms with Gasteiger partial charge in [-0.05, 0) is 51.5 Å². The van der Waals surface area contributed by atoms with Crippen molar-refractivity contribution in [2.24, 2.45) is 0 Å². The Balaban J connectivity index is 1.63. The number of aliphatic hydroxyl groups excluding tert-OH is 1. The second-order valence-electron chi connectivity index (χ2n) is 6.93. The summed E-state index contributed by atoms with van der Waals surface area (Å²) in [5, 5.41) is 10.6. The second kappa shape index (κ2) is 8.05. The van der Waals surface area contributed by atoms with Crippen LogP contribution in [-0.4, -0.2) is 89.2 Å². The first-order chi connectivity index (χ1) is 11.6. The number of likely N-dealkylation sites (tertiary alicyclic amines) is 1. The van der Waals surface area contributed by atoms with Crippen LogP contribution in [0.15, 0.2) is 24.5 Å². The molecule has 0 bridgehead atoms. The quantitative estimate of drug-likeness (QED) is 0.863. The minimum absolute atomic E-state index is 0.0425. The molecule has 6 nitrogen and oxygen atoms in total. The summed E-state index contributed by atoms with van der Waals surface area (Å²) in [4.78, 5) is 23.3. The Morgan fingerprint density at radius 2 is 1.83 bits per heavy atom. The van der Waals surface area contributed by atoms with Gasteiger partial charge >= 0.3 is 0 Å². The molecule has 1 N–H and O–H groups in total. The van der Waals surface area contributed by atoms with Crippen molar-refractivity contribution in [1.82, 2.24) is 19.7 Å². The minimum Gasteiger partial charge on any atom is -0.391 e. The zero-order chi connectivity index (χ0) is 16.9. The molecule has 2 atom stereocenters. The van der Waals surface area contributed by atoms with E-state index in [1.165, 1.54) is 0 Å². The lowest BCUT2D eigenvalue weighted by Gasteiger charge is -2.32. The van der Waals surface area contributed by atoms with Gasteiger partial charge in [-0.1, -0.05) is 0 Å². The summed E-state index contributed by atoms with van der Waals surface area (Å²) in [5.41, 5.74) is 0.675. The molecule has 1 aromatic rings. The van der Waals surface area contributed by atoms with Crippen molar-refractivity contribution in [2.45, 2.75) is 31.4 Å². The molecule has 132 valence electrons. The Morgan fingerprint density at radius 3 is 2.62 bits per heavy atom. The first kappa shape index (κ1) is 17.3. The van der Waals surface area contributed by atoms with Gasteiger partial charge in [-0.3, -0.25) is 14.7 Å². The average molecular weight is 332 g/mol. The van der Waals surface area contributed by atoms with E-state index in [2.05, 4.69) is 21.8 Å². The number of nitrogens with zero attached hydrogens (tertiary/aromatic N) is 4. The molecule has 0 aliphatic carbocycles. The van der Waals surface area contributed by atoms with Crippen LogP contribution in [0.4, 0.5) is 0 Å². The highest BCUT2D eigenvalue weighted by atomic mass is 16.3. The van der Waals surface area contributed by atoms with Crippen molar-refractivity contribution in [3.63, 3.8) is 0 Å². The molecule has 6 heteroatoms. The van der Waals surface area contributed by atoms with Crippen molar-refractivity contribution < 1.29 is 9.90 Å². The SMILES string of the molecule is CN1CCCN([C@H]2CCN(C(=O)c3ccncc3)CC[C@@H]2O)CC1. The van der Waals surface area contributed by atoms with E-state index >= 15 is 0 Å². The smallest absolute Gasteiger partial charge is 0.253 e. The van der Waals surface area contributed by atoms with Gasteiger partial charge in [-0.25, -0.2) is 0 Å². The number of carbonyl (C=O) groups excluding carboxylic acids is 1. The van der Waals surface area contributed by atoms with Crippen molar-refractivity contribution in [2.75, 3.05) is 46.3 Å². The topological polar surface area (TPSA) is 59.9 Å². The van der Waals surface area contributed by atoms with E-state index in [1.54, 1.807) is 24.5 Å². The predicted molar refractivity (Wildman–Crippen MR) is 92.9 cm³/mol. The number of hydrogen-bond acceptors (Lipinski definition) is 5. The normalized spacial score (nSPS) is 27.5. The number of carbonyl (C=O) groups is 1. The lowest BCUT2D eigenvalue weighted by Crippen LogP contribution is -2.45. The van der Waals surface area contributed by atoms with Gasteiger partial charge in [0.15, 0.2) is 0 Å². The van der Waals surface area contributed by atoms with Gasteiger partial charge in [-0.15, -0.1) is 0 Å². The maximum Gasteiger partial charge on any atom is 0.253 e. The van der Waals surface area contributed by atoms with Crippen molar-refractivity contribution in [3.05, 3.63) is 30.1 Å². The summed E-state index contributed by atoms with van der Waals surface area (Å²) in [7, 11) is 2.15. The van der Waals surface area contributed by atoms with Crippen molar-refractivity contribution >= 4 is 5.91 Å². The molecule has 2 aliphatic rings. The number of hydrogen-bond donors (Lipinski definition) is 1. The zero-order valence-electron chi connectivity index (χ0n) is 14.5. The fourth-order valence-corrected chi connectivity index (χ4v) is 3.78. The Bertz CT molecular complexity index is 539. The van der Waals surface area contributed by atoms with Crippen LogP contribution < -0.4 is 0 Å². The first-order valence-corrected chi connectivity index (χ1v) is 8.95. The van der Waals surface area contributed by atoms with Gasteiger partial charge in [-0.2, -0.15) is 0 Å². The molecule has 1 amide bonds. The van der Waals surface area contributed by atoms with E-state index in [-0.39, 0.29) is 18.1 Å². The van der Waals surface area contributed by atoms with E-state index in [9.17, 15) is 9.90 Å². The molecule has 0 spiro atoms. The Morgan fingerprint density at radius 1 is 1.08 bits per heavy atom. The molecular formula is C18H28N4O2. The molecule has 0 radical (unpaired) electrons. The first-order valence-electron chi connectivity index (χ1n) is 8.95. The average Bonchev–Trinajstić information content (AvgIpc) is 2.93. The maximum atomic E-state index is 12.6. The number of rotatable bonds is 2. The fourth-order valence-electron chi connectivity index (χ4n) is 3.78. The molecular weight excluding hydrogens is 304 g/mol. The van der Waals surface area contributed by atoms with Gasteiger partial charge in [0.25, 0.3) is 5.91 Å². The number of amides is 1. The van der Waals surface area contributed by atoms with Crippen LogP contribution in [0, 0.1) is 0 Å². The number of likely N-dealkylation sites (N-methyl/N-ethyl adjacent to an activating group) is 1. The standard InChI is InChI=1S/C18H28N4O2/c1-20-9-2-10-21(14-13-20)16-5-11-22(12-6-17(16)23)18(24)15-3-7-19-8-4-15/h3-4,7-8,16-17,23H,2,5-6,9-14H2,1H3/t16-,17-/m0/s1. The summed E-state index contributed by atoms with van der Waals surface area (Å²) in [6, 6.07) is 3.67. The van der Waals surface area contributed by atoms with E-state index in [0.717, 1.165) is 39.0 Å². The number of pyridine rings is 1. The molecule has 2 aliphatic heterocycles. The highest BCUT2D eigenvalue weighted by Gasteiger charge is 2.31. The largest absolute Gasteiger partial charge is 0.391 e. The van der Waals surface area contributed by atoms with Crippen LogP contribution in [0.5, 0.6) is 0 Å². The monoisotopic (exact) mass is 332 g/mol. The molecule has 3 heterocycles. The summed E-state index contributed by atoms with van der Waals surface area (Å²) in [5.74, 6) is 0.0425. The maximum absolute atomic E-state index is 12.6. The van der Waals surface area contributed by atoms with Crippen molar-refractivity contribution in [3.8, 4) is 0 Å². The predicted octanol–water partition coefficient (Wildman–Crippen LogP) is 0.685. The van der Waals surface area contributed by atoms with Crippen LogP contribution in [0.3, 0.4) is 0 Å². The summed E-state index contributed by atoms with van der Waals surface area (Å²) in [6.45, 7) is 5.51. The molecule has 0 aromatic carbocycles. The van der Waals surface area contributed by atoms with Crippen LogP contribution >= 0.6 is 0 Å². The van der Waals surface area contributed by atoms with Gasteiger partial charge in [0.05, 0.1) is 6.10 Å². The summed E-state index contributed by atoms with van der Waals surface area (Å²) >= 11 is 0. The summed E-state index contributed by atoms with van der Waals surface area (Å²) < 4.78 is 0. The molecule has 2 fully saturated rings. The van der Waals surface area contributed by atoms with Crippen LogP contribution in [0.2, 0.25) is 0 Å². The van der Waals surface area contributed by atoms with Crippen LogP contribution in [0.25, 0.3) is 0 Å². The van der Waals surface area contributed by atoms with E-state index in [0.29, 0.717) is 25.1 Å². The second-order valence-corrected chi connectivity index (χ2v) is 6.93. The lowest BCUT2D eigenvalue weighted by atomic mass is 10.0. The molecule has 1 aromatic heterocycles. The Hall–Kier alpha value is -1.50. The number of aromatic nitrogens is 1. The lowest BCUT2D eigenvalue weighted by molar-refractivity contribution is 0.0491. The zero-order valence-corrected chi connectivity index (χ0v) is 14.5. The van der Waals surface area contributed by atoms with Gasteiger partial charge < -0.3 is 14.9 Å². The Kier molecular flexibility index (Phi) is 5.81. The molecule has 3 rings (SSSR count). The highest BCUT2D eigenvalue weighted by Crippen LogP contribution is 2.20. The van der Waals surface area contributed by atoms with Gasteiger partial charge in [0, 0.05) is 50.2 Å². The highest BCUT2D eigenvalue weighted by molar-refractivity contribution is 5.94. The third-order valence-corrected chi connectivity index (χ3v) is 5.27. The third kappa shape index (κ3) is 4.12. The number of aliphatic hydroxyl groups is 1. The third-order valence-electron chi connectivity index (χ3n) is 5.27. The fraction of sp³-hybridized carbons (Fsp3) is 0.667. The summed E-state index contributed by atoms with van der Waals surface area (Å²) in [6.07, 6.45) is 5.56. The van der Waals surface area contributed by atoms with Crippen molar-refractivity contribution in [1.29, 1.82) is 0 Å².